The molecule has 1 aliphatic carbocycles. The van der Waals surface area contributed by atoms with Crippen LogP contribution in [0.2, 0.25) is 0 Å². The highest BCUT2D eigenvalue weighted by molar-refractivity contribution is 6.21. The Balaban J connectivity index is 2.05. The van der Waals surface area contributed by atoms with Gasteiger partial charge in [-0.25, -0.2) is 0 Å². The Bertz CT molecular complexity index is 1110. The molecule has 2 aliphatic heterocycles. The van der Waals surface area contributed by atoms with Gasteiger partial charge in [-0.2, -0.15) is 5.26 Å². The van der Waals surface area contributed by atoms with Crippen LogP contribution in [-0.2, 0) is 29.3 Å². The fraction of sp³-hybridized carbons (Fsp3) is 0.364. The molecule has 1 atom stereocenters. The summed E-state index contributed by atoms with van der Waals surface area (Å²) in [5, 5.41) is 9.96. The first kappa shape index (κ1) is 19.7. The molecule has 8 nitrogen and oxygen atoms in total. The van der Waals surface area contributed by atoms with E-state index in [1.807, 2.05) is 19.9 Å². The number of ether oxygens (including phenoxy) is 2. The van der Waals surface area contributed by atoms with E-state index in [0.29, 0.717) is 23.4 Å². The standard InChI is InChI=1S/C22H21N3O5/c1-21(2)8-15(26)18-16(9-21)30-19(24)13(10-23)22(18)12-6-4-5-7-14(12)25(20(22)28)11-17(27)29-3/h4-7H,8-9,11,24H2,1-3H3/t22-/m0/s1. The predicted octanol–water partition coefficient (Wildman–Crippen LogP) is 1.81. The summed E-state index contributed by atoms with van der Waals surface area (Å²) in [6.07, 6.45) is 0.587. The molecular formula is C22H21N3O5. The Morgan fingerprint density at radius 3 is 2.67 bits per heavy atom. The molecule has 1 aromatic rings. The number of hydrogen-bond acceptors (Lipinski definition) is 7. The zero-order chi connectivity index (χ0) is 21.8. The third-order valence-corrected chi connectivity index (χ3v) is 5.86. The molecule has 1 amide bonds. The van der Waals surface area contributed by atoms with Crippen LogP contribution in [0.5, 0.6) is 0 Å². The van der Waals surface area contributed by atoms with Crippen LogP contribution < -0.4 is 10.6 Å². The highest BCUT2D eigenvalue weighted by atomic mass is 16.5. The number of hydrogen-bond donors (Lipinski definition) is 1. The molecule has 1 aromatic carbocycles. The van der Waals surface area contributed by atoms with Gasteiger partial charge in [-0.05, 0) is 11.5 Å². The van der Waals surface area contributed by atoms with Crippen molar-refractivity contribution in [3.63, 3.8) is 0 Å². The molecular weight excluding hydrogens is 386 g/mol. The molecule has 1 spiro atoms. The summed E-state index contributed by atoms with van der Waals surface area (Å²) < 4.78 is 10.5. The van der Waals surface area contributed by atoms with Gasteiger partial charge in [0.05, 0.1) is 12.7 Å². The summed E-state index contributed by atoms with van der Waals surface area (Å²) in [6, 6.07) is 8.78. The number of anilines is 1. The summed E-state index contributed by atoms with van der Waals surface area (Å²) in [6.45, 7) is 3.51. The Labute approximate surface area is 173 Å². The van der Waals surface area contributed by atoms with E-state index >= 15 is 0 Å². The third-order valence-electron chi connectivity index (χ3n) is 5.86. The summed E-state index contributed by atoms with van der Waals surface area (Å²) in [4.78, 5) is 40.5. The van der Waals surface area contributed by atoms with E-state index in [0.717, 1.165) is 0 Å². The molecule has 2 heterocycles. The van der Waals surface area contributed by atoms with Crippen molar-refractivity contribution in [2.45, 2.75) is 32.1 Å². The summed E-state index contributed by atoms with van der Waals surface area (Å²) >= 11 is 0. The van der Waals surface area contributed by atoms with Crippen LogP contribution in [0.3, 0.4) is 0 Å². The van der Waals surface area contributed by atoms with E-state index in [-0.39, 0.29) is 41.2 Å². The number of nitriles is 1. The van der Waals surface area contributed by atoms with E-state index in [1.165, 1.54) is 12.0 Å². The van der Waals surface area contributed by atoms with E-state index in [9.17, 15) is 19.6 Å². The van der Waals surface area contributed by atoms with Crippen molar-refractivity contribution in [1.82, 2.24) is 0 Å². The third kappa shape index (κ3) is 2.48. The number of nitrogens with two attached hydrogens (primary N) is 1. The second kappa shape index (κ2) is 6.46. The molecule has 0 radical (unpaired) electrons. The van der Waals surface area contributed by atoms with Crippen LogP contribution in [-0.4, -0.2) is 31.3 Å². The molecule has 154 valence electrons. The Morgan fingerprint density at radius 2 is 2.00 bits per heavy atom. The first-order valence-corrected chi connectivity index (χ1v) is 9.50. The second-order valence-corrected chi connectivity index (χ2v) is 8.43. The minimum atomic E-state index is -1.73. The van der Waals surface area contributed by atoms with Gasteiger partial charge in [-0.3, -0.25) is 19.3 Å². The lowest BCUT2D eigenvalue weighted by atomic mass is 9.62. The lowest BCUT2D eigenvalue weighted by molar-refractivity contribution is -0.140. The summed E-state index contributed by atoms with van der Waals surface area (Å²) in [5.74, 6) is -1.38. The molecule has 2 N–H and O–H groups in total. The maximum absolute atomic E-state index is 13.9. The minimum Gasteiger partial charge on any atom is -0.468 e. The fourth-order valence-corrected chi connectivity index (χ4v) is 4.69. The Kier molecular flexibility index (Phi) is 4.24. The highest BCUT2D eigenvalue weighted by Crippen LogP contribution is 2.57. The lowest BCUT2D eigenvalue weighted by Crippen LogP contribution is -2.51. The quantitative estimate of drug-likeness (QED) is 0.742. The fourth-order valence-electron chi connectivity index (χ4n) is 4.69. The van der Waals surface area contributed by atoms with Gasteiger partial charge in [-0.1, -0.05) is 32.0 Å². The molecule has 0 saturated carbocycles. The first-order chi connectivity index (χ1) is 14.2. The van der Waals surface area contributed by atoms with Gasteiger partial charge in [0.25, 0.3) is 0 Å². The van der Waals surface area contributed by atoms with Crippen molar-refractivity contribution >= 4 is 23.3 Å². The second-order valence-electron chi connectivity index (χ2n) is 8.43. The number of allylic oxidation sites excluding steroid dienone is 1. The summed E-state index contributed by atoms with van der Waals surface area (Å²) in [5.41, 5.74) is 4.85. The van der Waals surface area contributed by atoms with Gasteiger partial charge in [0.15, 0.2) is 5.78 Å². The molecule has 0 aromatic heterocycles. The number of ketones is 1. The molecule has 4 rings (SSSR count). The lowest BCUT2D eigenvalue weighted by Gasteiger charge is -2.41. The zero-order valence-electron chi connectivity index (χ0n) is 16.9. The van der Waals surface area contributed by atoms with Crippen LogP contribution in [0.15, 0.2) is 47.1 Å². The number of nitrogens with zero attached hydrogens (tertiary/aromatic N) is 2. The smallest absolute Gasteiger partial charge is 0.325 e. The number of rotatable bonds is 2. The monoisotopic (exact) mass is 407 g/mol. The zero-order valence-corrected chi connectivity index (χ0v) is 16.9. The number of para-hydroxylation sites is 1. The maximum Gasteiger partial charge on any atom is 0.325 e. The van der Waals surface area contributed by atoms with Gasteiger partial charge in [0.2, 0.25) is 11.8 Å². The number of Topliss-reactive ketones (excluding diaryl/α,β-unsaturated/α-hetero) is 1. The summed E-state index contributed by atoms with van der Waals surface area (Å²) in [7, 11) is 1.23. The van der Waals surface area contributed by atoms with Crippen molar-refractivity contribution in [3.8, 4) is 6.07 Å². The van der Waals surface area contributed by atoms with Gasteiger partial charge in [-0.15, -0.1) is 0 Å². The highest BCUT2D eigenvalue weighted by Gasteiger charge is 2.63. The molecule has 0 unspecified atom stereocenters. The Hall–Kier alpha value is -3.60. The van der Waals surface area contributed by atoms with Gasteiger partial charge in [0, 0.05) is 24.1 Å². The van der Waals surface area contributed by atoms with Crippen LogP contribution in [0.4, 0.5) is 5.69 Å². The molecule has 0 bridgehead atoms. The van der Waals surface area contributed by atoms with Crippen molar-refractivity contribution < 1.29 is 23.9 Å². The van der Waals surface area contributed by atoms with Crippen molar-refractivity contribution in [2.75, 3.05) is 18.6 Å². The topological polar surface area (TPSA) is 123 Å². The van der Waals surface area contributed by atoms with Gasteiger partial charge < -0.3 is 15.2 Å². The molecule has 8 heteroatoms. The number of benzene rings is 1. The van der Waals surface area contributed by atoms with Crippen LogP contribution >= 0.6 is 0 Å². The van der Waals surface area contributed by atoms with Gasteiger partial charge in [0.1, 0.15) is 29.4 Å². The molecule has 3 aliphatic rings. The predicted molar refractivity (Wildman–Crippen MR) is 105 cm³/mol. The minimum absolute atomic E-state index is 0.136. The number of esters is 1. The number of fused-ring (bicyclic) bond motifs is 3. The van der Waals surface area contributed by atoms with Crippen molar-refractivity contribution in [3.05, 3.63) is 52.6 Å². The molecule has 0 saturated heterocycles. The number of methoxy groups -OCH3 is 1. The molecule has 30 heavy (non-hydrogen) atoms. The number of amides is 1. The molecule has 0 fully saturated rings. The van der Waals surface area contributed by atoms with Crippen LogP contribution in [0.25, 0.3) is 0 Å². The van der Waals surface area contributed by atoms with E-state index in [1.54, 1.807) is 24.3 Å². The average molecular weight is 407 g/mol. The van der Waals surface area contributed by atoms with Crippen molar-refractivity contribution in [1.29, 1.82) is 5.26 Å². The van der Waals surface area contributed by atoms with E-state index in [2.05, 4.69) is 0 Å². The largest absolute Gasteiger partial charge is 0.468 e. The number of carbonyl (C=O) groups is 3. The van der Waals surface area contributed by atoms with E-state index < -0.39 is 17.3 Å². The number of carbonyl (C=O) groups excluding carboxylic acids is 3. The average Bonchev–Trinajstić information content (AvgIpc) is 2.90. The Morgan fingerprint density at radius 1 is 1.30 bits per heavy atom. The van der Waals surface area contributed by atoms with E-state index in [4.69, 9.17) is 15.2 Å². The normalized spacial score (nSPS) is 24.4. The van der Waals surface area contributed by atoms with Crippen LogP contribution in [0.1, 0.15) is 32.3 Å². The van der Waals surface area contributed by atoms with Gasteiger partial charge >= 0.3 is 5.97 Å². The van der Waals surface area contributed by atoms with Crippen molar-refractivity contribution in [2.24, 2.45) is 11.1 Å². The first-order valence-electron chi connectivity index (χ1n) is 9.50. The maximum atomic E-state index is 13.9. The SMILES string of the molecule is COC(=O)CN1C(=O)[C@]2(C(C#N)=C(N)OC3=C2C(=O)CC(C)(C)C3)c2ccccc21. The van der Waals surface area contributed by atoms with Crippen LogP contribution in [0, 0.1) is 16.7 Å².